The molecule has 0 heterocycles. The first-order valence-corrected chi connectivity index (χ1v) is 9.64. The first-order valence-electron chi connectivity index (χ1n) is 9.64. The number of allylic oxidation sites excluding steroid dienone is 1. The average molecular weight is 359 g/mol. The van der Waals surface area contributed by atoms with Crippen molar-refractivity contribution in [1.29, 1.82) is 5.26 Å². The summed E-state index contributed by atoms with van der Waals surface area (Å²) in [5.74, 6) is 0.266. The third-order valence-corrected chi connectivity index (χ3v) is 6.60. The fraction of sp³-hybridized carbons (Fsp3) is 0.591. The van der Waals surface area contributed by atoms with Crippen molar-refractivity contribution in [2.24, 2.45) is 11.8 Å². The highest BCUT2D eigenvalue weighted by atomic mass is 19.2. The third kappa shape index (κ3) is 4.15. The maximum atomic E-state index is 13.5. The number of hydrogen-bond acceptors (Lipinski definition) is 2. The Balaban J connectivity index is 1.54. The van der Waals surface area contributed by atoms with Crippen molar-refractivity contribution < 1.29 is 13.5 Å². The van der Waals surface area contributed by atoms with Crippen LogP contribution in [0.15, 0.2) is 30.4 Å². The van der Waals surface area contributed by atoms with E-state index in [1.807, 2.05) is 6.08 Å². The zero-order valence-corrected chi connectivity index (χ0v) is 15.4. The highest BCUT2D eigenvalue weighted by Gasteiger charge is 2.37. The van der Waals surface area contributed by atoms with Gasteiger partial charge in [0.25, 0.3) is 0 Å². The molecule has 26 heavy (non-hydrogen) atoms. The number of rotatable bonds is 4. The number of halogens is 2. The van der Waals surface area contributed by atoms with E-state index in [1.165, 1.54) is 18.2 Å². The van der Waals surface area contributed by atoms with Gasteiger partial charge >= 0.3 is 0 Å². The molecule has 0 N–H and O–H groups in total. The van der Waals surface area contributed by atoms with Crippen molar-refractivity contribution in [1.82, 2.24) is 0 Å². The molecule has 2 saturated carbocycles. The van der Waals surface area contributed by atoms with Gasteiger partial charge in [0.1, 0.15) is 0 Å². The van der Waals surface area contributed by atoms with E-state index in [2.05, 4.69) is 6.07 Å². The molecule has 0 unspecified atom stereocenters. The molecule has 0 radical (unpaired) electrons. The SMILES string of the molecule is CO[C@]1(C=CC#N)CC[C@H]([C@H]2CC[C@H](c3ccc(F)c(F)c3)CC2)CC1. The second kappa shape index (κ2) is 8.31. The van der Waals surface area contributed by atoms with E-state index in [0.29, 0.717) is 17.8 Å². The van der Waals surface area contributed by atoms with Crippen LogP contribution in [0.3, 0.4) is 0 Å². The zero-order valence-electron chi connectivity index (χ0n) is 15.4. The van der Waals surface area contributed by atoms with Crippen LogP contribution in [-0.4, -0.2) is 12.7 Å². The van der Waals surface area contributed by atoms with Gasteiger partial charge in [-0.3, -0.25) is 0 Å². The molecule has 0 aliphatic heterocycles. The van der Waals surface area contributed by atoms with Gasteiger partial charge in [0.05, 0.1) is 11.7 Å². The molecule has 0 amide bonds. The molecule has 1 aromatic rings. The lowest BCUT2D eigenvalue weighted by Gasteiger charge is -2.41. The minimum absolute atomic E-state index is 0.269. The predicted molar refractivity (Wildman–Crippen MR) is 97.5 cm³/mol. The van der Waals surface area contributed by atoms with Crippen molar-refractivity contribution in [3.05, 3.63) is 47.5 Å². The maximum absolute atomic E-state index is 13.5. The molecule has 2 aliphatic carbocycles. The first-order chi connectivity index (χ1) is 12.6. The van der Waals surface area contributed by atoms with Crippen LogP contribution in [0.25, 0.3) is 0 Å². The summed E-state index contributed by atoms with van der Waals surface area (Å²) in [5, 5.41) is 8.78. The molecule has 0 aromatic heterocycles. The van der Waals surface area contributed by atoms with Crippen molar-refractivity contribution in [2.45, 2.75) is 62.9 Å². The Morgan fingerprint density at radius 2 is 1.69 bits per heavy atom. The summed E-state index contributed by atoms with van der Waals surface area (Å²) in [6.07, 6.45) is 12.1. The Bertz CT molecular complexity index is 678. The molecule has 0 spiro atoms. The number of ether oxygens (including phenoxy) is 1. The monoisotopic (exact) mass is 359 g/mol. The Kier molecular flexibility index (Phi) is 6.09. The lowest BCUT2D eigenvalue weighted by Crippen LogP contribution is -2.36. The molecule has 0 bridgehead atoms. The molecule has 0 saturated heterocycles. The van der Waals surface area contributed by atoms with Gasteiger partial charge in [0.15, 0.2) is 11.6 Å². The minimum atomic E-state index is -0.767. The largest absolute Gasteiger partial charge is 0.374 e. The van der Waals surface area contributed by atoms with Gasteiger partial charge in [-0.1, -0.05) is 6.07 Å². The molecule has 1 aromatic carbocycles. The minimum Gasteiger partial charge on any atom is -0.374 e. The summed E-state index contributed by atoms with van der Waals surface area (Å²) in [6, 6.07) is 6.42. The van der Waals surface area contributed by atoms with E-state index in [1.54, 1.807) is 13.2 Å². The second-order valence-electron chi connectivity index (χ2n) is 7.85. The number of nitriles is 1. The Morgan fingerprint density at radius 3 is 2.27 bits per heavy atom. The van der Waals surface area contributed by atoms with Gasteiger partial charge in [-0.2, -0.15) is 5.26 Å². The smallest absolute Gasteiger partial charge is 0.159 e. The van der Waals surface area contributed by atoms with Crippen molar-refractivity contribution >= 4 is 0 Å². The number of nitrogens with zero attached hydrogens (tertiary/aromatic N) is 1. The summed E-state index contributed by atoms with van der Waals surface area (Å²) in [7, 11) is 1.73. The Labute approximate surface area is 154 Å². The van der Waals surface area contributed by atoms with Crippen LogP contribution >= 0.6 is 0 Å². The van der Waals surface area contributed by atoms with Crippen molar-refractivity contribution in [3.8, 4) is 6.07 Å². The fourth-order valence-electron chi connectivity index (χ4n) is 4.92. The third-order valence-electron chi connectivity index (χ3n) is 6.60. The number of methoxy groups -OCH3 is 1. The van der Waals surface area contributed by atoms with Crippen LogP contribution in [-0.2, 0) is 4.74 Å². The summed E-state index contributed by atoms with van der Waals surface area (Å²) in [6.45, 7) is 0. The molecule has 4 heteroatoms. The Hall–Kier alpha value is -1.73. The van der Waals surface area contributed by atoms with E-state index in [-0.39, 0.29) is 5.60 Å². The van der Waals surface area contributed by atoms with Gasteiger partial charge in [-0.25, -0.2) is 8.78 Å². The number of hydrogen-bond donors (Lipinski definition) is 0. The number of benzene rings is 1. The van der Waals surface area contributed by atoms with Crippen LogP contribution in [0.4, 0.5) is 8.78 Å². The van der Waals surface area contributed by atoms with Gasteiger partial charge in [0, 0.05) is 13.2 Å². The van der Waals surface area contributed by atoms with E-state index < -0.39 is 11.6 Å². The van der Waals surface area contributed by atoms with E-state index in [9.17, 15) is 8.78 Å². The molecule has 2 fully saturated rings. The normalized spacial score (nSPS) is 32.5. The van der Waals surface area contributed by atoms with Gasteiger partial charge in [-0.15, -0.1) is 0 Å². The van der Waals surface area contributed by atoms with Crippen LogP contribution in [0.5, 0.6) is 0 Å². The quantitative estimate of drug-likeness (QED) is 0.628. The lowest BCUT2D eigenvalue weighted by atomic mass is 9.67. The van der Waals surface area contributed by atoms with Crippen molar-refractivity contribution in [3.63, 3.8) is 0 Å². The predicted octanol–water partition coefficient (Wildman–Crippen LogP) is 5.89. The Morgan fingerprint density at radius 1 is 1.04 bits per heavy atom. The summed E-state index contributed by atoms with van der Waals surface area (Å²) >= 11 is 0. The standard InChI is InChI=1S/C22H27F2NO/c1-26-22(11-2-14-25)12-9-18(10-13-22)16-3-5-17(6-4-16)19-7-8-20(23)21(24)15-19/h2,7-8,11,15-18H,3-6,9-10,12-13H2,1H3/t16-,17-,18-,22+. The van der Waals surface area contributed by atoms with E-state index >= 15 is 0 Å². The highest BCUT2D eigenvalue weighted by molar-refractivity contribution is 5.22. The molecule has 0 atom stereocenters. The van der Waals surface area contributed by atoms with Crippen LogP contribution < -0.4 is 0 Å². The second-order valence-corrected chi connectivity index (χ2v) is 7.85. The molecule has 140 valence electrons. The molecule has 2 aliphatic rings. The summed E-state index contributed by atoms with van der Waals surface area (Å²) in [4.78, 5) is 0. The molecular weight excluding hydrogens is 332 g/mol. The van der Waals surface area contributed by atoms with E-state index in [4.69, 9.17) is 10.00 Å². The summed E-state index contributed by atoms with van der Waals surface area (Å²) < 4.78 is 32.3. The van der Waals surface area contributed by atoms with Crippen LogP contribution in [0, 0.1) is 34.8 Å². The van der Waals surface area contributed by atoms with Gasteiger partial charge < -0.3 is 4.74 Å². The topological polar surface area (TPSA) is 33.0 Å². The molecule has 3 rings (SSSR count). The highest BCUT2D eigenvalue weighted by Crippen LogP contribution is 2.45. The van der Waals surface area contributed by atoms with E-state index in [0.717, 1.165) is 56.9 Å². The lowest BCUT2D eigenvalue weighted by molar-refractivity contribution is -0.0192. The van der Waals surface area contributed by atoms with Crippen molar-refractivity contribution in [2.75, 3.05) is 7.11 Å². The zero-order chi connectivity index (χ0) is 18.6. The van der Waals surface area contributed by atoms with Crippen LogP contribution in [0.1, 0.15) is 62.8 Å². The fourth-order valence-corrected chi connectivity index (χ4v) is 4.92. The van der Waals surface area contributed by atoms with Gasteiger partial charge in [0.2, 0.25) is 0 Å². The maximum Gasteiger partial charge on any atom is 0.159 e. The molecule has 2 nitrogen and oxygen atoms in total. The van der Waals surface area contributed by atoms with Crippen LogP contribution in [0.2, 0.25) is 0 Å². The molecular formula is C22H27F2NO. The summed E-state index contributed by atoms with van der Waals surface area (Å²) in [5.41, 5.74) is 0.667. The first kappa shape index (κ1) is 19.0. The van der Waals surface area contributed by atoms with Gasteiger partial charge in [-0.05, 0) is 92.9 Å². The average Bonchev–Trinajstić information content (AvgIpc) is 2.69.